The van der Waals surface area contributed by atoms with Gasteiger partial charge in [0.1, 0.15) is 11.8 Å². The van der Waals surface area contributed by atoms with Crippen LogP contribution in [0.15, 0.2) is 24.3 Å². The van der Waals surface area contributed by atoms with Crippen LogP contribution in [0.1, 0.15) is 29.6 Å². The minimum atomic E-state index is -4.38. The Morgan fingerprint density at radius 2 is 1.88 bits per heavy atom. The molecular formula is C18H24F3N3O2. The number of benzene rings is 1. The topological polar surface area (TPSA) is 53.6 Å². The van der Waals surface area contributed by atoms with Crippen LogP contribution < -0.4 is 15.4 Å². The van der Waals surface area contributed by atoms with Gasteiger partial charge in [0.15, 0.2) is 0 Å². The maximum absolute atomic E-state index is 13.3. The molecule has 0 spiro atoms. The molecule has 3 rings (SSSR count). The molecule has 0 radical (unpaired) electrons. The Balaban J connectivity index is 1.55. The smallest absolute Gasteiger partial charge is 0.405 e. The van der Waals surface area contributed by atoms with Crippen LogP contribution in [0, 0.1) is 0 Å². The van der Waals surface area contributed by atoms with Gasteiger partial charge in [0.2, 0.25) is 0 Å². The van der Waals surface area contributed by atoms with Crippen LogP contribution in [0.25, 0.3) is 0 Å². The molecule has 0 aromatic heterocycles. The molecule has 1 aliphatic heterocycles. The van der Waals surface area contributed by atoms with Crippen molar-refractivity contribution in [1.29, 1.82) is 0 Å². The quantitative estimate of drug-likeness (QED) is 0.805. The SMILES string of the molecule is O=C(NCC(N1CCNCC1)C(F)(F)F)c1ccc(OC2CCC2)cc1. The lowest BCUT2D eigenvalue weighted by Crippen LogP contribution is -2.57. The van der Waals surface area contributed by atoms with Crippen LogP contribution >= 0.6 is 0 Å². The van der Waals surface area contributed by atoms with E-state index in [9.17, 15) is 18.0 Å². The van der Waals surface area contributed by atoms with Gasteiger partial charge in [-0.3, -0.25) is 9.69 Å². The predicted molar refractivity (Wildman–Crippen MR) is 91.3 cm³/mol. The summed E-state index contributed by atoms with van der Waals surface area (Å²) in [6, 6.07) is 4.86. The number of carbonyl (C=O) groups is 1. The van der Waals surface area contributed by atoms with Crippen LogP contribution in [0.4, 0.5) is 13.2 Å². The number of nitrogens with one attached hydrogen (secondary N) is 2. The van der Waals surface area contributed by atoms with Crippen LogP contribution in [-0.4, -0.2) is 61.9 Å². The van der Waals surface area contributed by atoms with Crippen molar-refractivity contribution in [3.05, 3.63) is 29.8 Å². The van der Waals surface area contributed by atoms with Gasteiger partial charge >= 0.3 is 6.18 Å². The number of ether oxygens (including phenoxy) is 1. The van der Waals surface area contributed by atoms with E-state index >= 15 is 0 Å². The summed E-state index contributed by atoms with van der Waals surface area (Å²) < 4.78 is 45.7. The number of hydrogen-bond donors (Lipinski definition) is 2. The van der Waals surface area contributed by atoms with Gasteiger partial charge in [-0.25, -0.2) is 0 Å². The lowest BCUT2D eigenvalue weighted by molar-refractivity contribution is -0.183. The lowest BCUT2D eigenvalue weighted by atomic mass is 9.96. The molecule has 1 heterocycles. The maximum Gasteiger partial charge on any atom is 0.405 e. The summed E-state index contributed by atoms with van der Waals surface area (Å²) in [5.41, 5.74) is 0.326. The predicted octanol–water partition coefficient (Wildman–Crippen LogP) is 2.18. The molecule has 8 heteroatoms. The van der Waals surface area contributed by atoms with E-state index in [2.05, 4.69) is 10.6 Å². The van der Waals surface area contributed by atoms with Crippen LogP contribution in [-0.2, 0) is 0 Å². The van der Waals surface area contributed by atoms with E-state index < -0.39 is 24.7 Å². The molecular weight excluding hydrogens is 347 g/mol. The van der Waals surface area contributed by atoms with Crippen molar-refractivity contribution in [2.45, 2.75) is 37.6 Å². The Morgan fingerprint density at radius 3 is 2.42 bits per heavy atom. The number of piperazine rings is 1. The molecule has 5 nitrogen and oxygen atoms in total. The molecule has 1 atom stereocenters. The number of halogens is 3. The van der Waals surface area contributed by atoms with Gasteiger partial charge in [-0.05, 0) is 43.5 Å². The molecule has 2 fully saturated rings. The third-order valence-electron chi connectivity index (χ3n) is 4.90. The van der Waals surface area contributed by atoms with Gasteiger partial charge in [-0.15, -0.1) is 0 Å². The van der Waals surface area contributed by atoms with E-state index in [0.717, 1.165) is 12.8 Å². The van der Waals surface area contributed by atoms with Gasteiger partial charge in [0.05, 0.1) is 6.10 Å². The molecule has 0 bridgehead atoms. The number of carbonyl (C=O) groups excluding carboxylic acids is 1. The summed E-state index contributed by atoms with van der Waals surface area (Å²) in [6.45, 7) is 1.20. The molecule has 144 valence electrons. The Kier molecular flexibility index (Phi) is 6.03. The Bertz CT molecular complexity index is 597. The number of amides is 1. The third-order valence-corrected chi connectivity index (χ3v) is 4.90. The third kappa shape index (κ3) is 4.88. The largest absolute Gasteiger partial charge is 0.490 e. The second kappa shape index (κ2) is 8.26. The first-order valence-corrected chi connectivity index (χ1v) is 9.00. The number of alkyl halides is 3. The first kappa shape index (κ1) is 19.0. The van der Waals surface area contributed by atoms with E-state index in [-0.39, 0.29) is 6.10 Å². The second-order valence-corrected chi connectivity index (χ2v) is 6.75. The number of nitrogens with zero attached hydrogens (tertiary/aromatic N) is 1. The standard InChI is InChI=1S/C18H24F3N3O2/c19-18(20,21)16(24-10-8-22-9-11-24)12-23-17(25)13-4-6-15(7-5-13)26-14-2-1-3-14/h4-7,14,16,22H,1-3,8-12H2,(H,23,25). The zero-order valence-electron chi connectivity index (χ0n) is 14.5. The van der Waals surface area contributed by atoms with E-state index in [0.29, 0.717) is 37.5 Å². The van der Waals surface area contributed by atoms with E-state index in [1.165, 1.54) is 11.3 Å². The van der Waals surface area contributed by atoms with Crippen molar-refractivity contribution in [3.63, 3.8) is 0 Å². The van der Waals surface area contributed by atoms with Gasteiger partial charge in [0.25, 0.3) is 5.91 Å². The van der Waals surface area contributed by atoms with Crippen molar-refractivity contribution in [2.75, 3.05) is 32.7 Å². The normalized spacial score (nSPS) is 20.3. The molecule has 1 saturated heterocycles. The molecule has 1 aromatic rings. The number of hydrogen-bond acceptors (Lipinski definition) is 4. The summed E-state index contributed by atoms with van der Waals surface area (Å²) in [5, 5.41) is 5.45. The average molecular weight is 371 g/mol. The molecule has 1 amide bonds. The number of rotatable bonds is 6. The second-order valence-electron chi connectivity index (χ2n) is 6.75. The van der Waals surface area contributed by atoms with E-state index in [4.69, 9.17) is 4.74 Å². The summed E-state index contributed by atoms with van der Waals surface area (Å²) in [7, 11) is 0. The summed E-state index contributed by atoms with van der Waals surface area (Å²) >= 11 is 0. The highest BCUT2D eigenvalue weighted by atomic mass is 19.4. The van der Waals surface area contributed by atoms with Gasteiger partial charge in [0, 0.05) is 38.3 Å². The first-order chi connectivity index (χ1) is 12.4. The summed E-state index contributed by atoms with van der Waals surface area (Å²) in [4.78, 5) is 13.6. The van der Waals surface area contributed by atoms with Crippen molar-refractivity contribution in [1.82, 2.24) is 15.5 Å². The highest BCUT2D eigenvalue weighted by Crippen LogP contribution is 2.26. The van der Waals surface area contributed by atoms with Crippen LogP contribution in [0.5, 0.6) is 5.75 Å². The lowest BCUT2D eigenvalue weighted by Gasteiger charge is -2.35. The molecule has 2 N–H and O–H groups in total. The fraction of sp³-hybridized carbons (Fsp3) is 0.611. The monoisotopic (exact) mass is 371 g/mol. The fourth-order valence-electron chi connectivity index (χ4n) is 3.10. The highest BCUT2D eigenvalue weighted by molar-refractivity contribution is 5.94. The Hall–Kier alpha value is -1.80. The van der Waals surface area contributed by atoms with Gasteiger partial charge in [-0.2, -0.15) is 13.2 Å². The summed E-state index contributed by atoms with van der Waals surface area (Å²) in [6.07, 6.45) is -0.912. The average Bonchev–Trinajstić information content (AvgIpc) is 2.58. The van der Waals surface area contributed by atoms with Crippen molar-refractivity contribution in [2.24, 2.45) is 0 Å². The van der Waals surface area contributed by atoms with E-state index in [1.54, 1.807) is 24.3 Å². The van der Waals surface area contributed by atoms with E-state index in [1.807, 2.05) is 0 Å². The molecule has 1 saturated carbocycles. The van der Waals surface area contributed by atoms with Crippen molar-refractivity contribution >= 4 is 5.91 Å². The molecule has 1 aliphatic carbocycles. The van der Waals surface area contributed by atoms with Gasteiger partial charge in [-0.1, -0.05) is 0 Å². The minimum absolute atomic E-state index is 0.237. The minimum Gasteiger partial charge on any atom is -0.490 e. The Labute approximate surface area is 150 Å². The van der Waals surface area contributed by atoms with Gasteiger partial charge < -0.3 is 15.4 Å². The highest BCUT2D eigenvalue weighted by Gasteiger charge is 2.43. The molecule has 26 heavy (non-hydrogen) atoms. The first-order valence-electron chi connectivity index (χ1n) is 9.00. The molecule has 2 aliphatic rings. The fourth-order valence-corrected chi connectivity index (χ4v) is 3.10. The van der Waals surface area contributed by atoms with Crippen LogP contribution in [0.3, 0.4) is 0 Å². The molecule has 1 unspecified atom stereocenters. The van der Waals surface area contributed by atoms with Crippen molar-refractivity contribution < 1.29 is 22.7 Å². The summed E-state index contributed by atoms with van der Waals surface area (Å²) in [5.74, 6) is 0.171. The van der Waals surface area contributed by atoms with Crippen LogP contribution in [0.2, 0.25) is 0 Å². The maximum atomic E-state index is 13.3. The van der Waals surface area contributed by atoms with Crippen molar-refractivity contribution in [3.8, 4) is 5.75 Å². The zero-order valence-corrected chi connectivity index (χ0v) is 14.5. The Morgan fingerprint density at radius 1 is 1.23 bits per heavy atom. The molecule has 1 aromatic carbocycles. The zero-order chi connectivity index (χ0) is 18.6.